The van der Waals surface area contributed by atoms with E-state index < -0.39 is 42.0 Å². The summed E-state index contributed by atoms with van der Waals surface area (Å²) >= 11 is 0. The smallest absolute Gasteiger partial charge is 0.397 e. The standard InChI is InChI=1S/C29H35F3N2O4/c1-28(2,3)27(36)38-26-22-11-17-10-21(25(26)34(15-17)23(35)13-29(30,31)32)24(22)33-14-16-5-6-19-12-20(37-4)8-7-18(19)9-16/h5-9,12,17,21-22,24-26,33H,10-11,13-15H2,1-4H3. The Balaban J connectivity index is 1.39. The van der Waals surface area contributed by atoms with Crippen molar-refractivity contribution in [3.63, 3.8) is 0 Å². The minimum absolute atomic E-state index is 0.0662. The van der Waals surface area contributed by atoms with E-state index in [0.717, 1.165) is 28.5 Å². The summed E-state index contributed by atoms with van der Waals surface area (Å²) in [6.45, 7) is 6.12. The third-order valence-electron chi connectivity index (χ3n) is 8.33. The Kier molecular flexibility index (Phi) is 6.86. The van der Waals surface area contributed by atoms with Crippen LogP contribution in [0.4, 0.5) is 13.2 Å². The van der Waals surface area contributed by atoms with E-state index in [4.69, 9.17) is 9.47 Å². The topological polar surface area (TPSA) is 67.9 Å². The molecule has 1 N–H and O–H groups in total. The van der Waals surface area contributed by atoms with Crippen molar-refractivity contribution in [1.29, 1.82) is 0 Å². The first kappa shape index (κ1) is 26.8. The Bertz CT molecular complexity index is 1220. The summed E-state index contributed by atoms with van der Waals surface area (Å²) in [6, 6.07) is 11.5. The minimum atomic E-state index is -4.58. The number of methoxy groups -OCH3 is 1. The molecule has 2 aliphatic carbocycles. The van der Waals surface area contributed by atoms with Crippen molar-refractivity contribution < 1.29 is 32.2 Å². The summed E-state index contributed by atoms with van der Waals surface area (Å²) in [5.41, 5.74) is 0.317. The van der Waals surface area contributed by atoms with Gasteiger partial charge < -0.3 is 19.7 Å². The van der Waals surface area contributed by atoms with Gasteiger partial charge in [0.2, 0.25) is 5.91 Å². The molecule has 3 fully saturated rings. The summed E-state index contributed by atoms with van der Waals surface area (Å²) in [4.78, 5) is 27.1. The number of benzene rings is 2. The Hall–Kier alpha value is -2.81. The molecule has 3 bridgehead atoms. The number of piperidine rings is 1. The van der Waals surface area contributed by atoms with Gasteiger partial charge in [-0.15, -0.1) is 0 Å². The van der Waals surface area contributed by atoms with Gasteiger partial charge in [-0.3, -0.25) is 9.59 Å². The number of fused-ring (bicyclic) bond motifs is 3. The lowest BCUT2D eigenvalue weighted by Gasteiger charge is -2.45. The lowest BCUT2D eigenvalue weighted by Crippen LogP contribution is -2.56. The highest BCUT2D eigenvalue weighted by atomic mass is 19.4. The molecule has 1 saturated heterocycles. The van der Waals surface area contributed by atoms with E-state index in [2.05, 4.69) is 11.4 Å². The molecule has 6 atom stereocenters. The van der Waals surface area contributed by atoms with Gasteiger partial charge in [0.1, 0.15) is 18.3 Å². The molecule has 0 radical (unpaired) electrons. The highest BCUT2D eigenvalue weighted by Gasteiger charge is 2.62. The summed E-state index contributed by atoms with van der Waals surface area (Å²) in [5.74, 6) is -0.579. The van der Waals surface area contributed by atoms with Gasteiger partial charge >= 0.3 is 12.1 Å². The number of nitrogens with zero attached hydrogens (tertiary/aromatic N) is 1. The fourth-order valence-corrected chi connectivity index (χ4v) is 6.67. The van der Waals surface area contributed by atoms with Gasteiger partial charge in [-0.1, -0.05) is 18.2 Å². The summed E-state index contributed by atoms with van der Waals surface area (Å²) in [5, 5.41) is 5.79. The van der Waals surface area contributed by atoms with Gasteiger partial charge in [0.25, 0.3) is 0 Å². The number of halogens is 3. The average molecular weight is 533 g/mol. The second-order valence-electron chi connectivity index (χ2n) is 12.1. The van der Waals surface area contributed by atoms with E-state index in [9.17, 15) is 22.8 Å². The number of likely N-dealkylation sites (tertiary alicyclic amines) is 1. The molecule has 1 heterocycles. The first-order valence-corrected chi connectivity index (χ1v) is 13.2. The lowest BCUT2D eigenvalue weighted by molar-refractivity contribution is -0.173. The number of esters is 1. The second-order valence-corrected chi connectivity index (χ2v) is 12.1. The number of ether oxygens (including phenoxy) is 2. The summed E-state index contributed by atoms with van der Waals surface area (Å²) in [6.07, 6.45) is -5.19. The maximum absolute atomic E-state index is 13.2. The van der Waals surface area contributed by atoms with Gasteiger partial charge in [-0.2, -0.15) is 13.2 Å². The van der Waals surface area contributed by atoms with E-state index in [-0.39, 0.29) is 30.3 Å². The van der Waals surface area contributed by atoms with Crippen LogP contribution in [0.1, 0.15) is 45.6 Å². The Morgan fingerprint density at radius 1 is 1.03 bits per heavy atom. The van der Waals surface area contributed by atoms with Crippen molar-refractivity contribution in [2.45, 2.75) is 70.9 Å². The van der Waals surface area contributed by atoms with Gasteiger partial charge in [-0.05, 0) is 80.0 Å². The molecule has 2 saturated carbocycles. The largest absolute Gasteiger partial charge is 0.497 e. The Labute approximate surface area is 220 Å². The van der Waals surface area contributed by atoms with Crippen LogP contribution in [0.15, 0.2) is 36.4 Å². The molecule has 1 aliphatic heterocycles. The third-order valence-corrected chi connectivity index (χ3v) is 8.33. The zero-order valence-electron chi connectivity index (χ0n) is 22.2. The maximum Gasteiger partial charge on any atom is 0.397 e. The van der Waals surface area contributed by atoms with Crippen LogP contribution in [0, 0.1) is 23.2 Å². The zero-order chi connectivity index (χ0) is 27.4. The normalized spacial score (nSPS) is 28.6. The van der Waals surface area contributed by atoms with Crippen LogP contribution in [0.25, 0.3) is 10.8 Å². The number of carbonyl (C=O) groups excluding carboxylic acids is 2. The van der Waals surface area contributed by atoms with Crippen LogP contribution < -0.4 is 10.1 Å². The van der Waals surface area contributed by atoms with Crippen LogP contribution in [0.3, 0.4) is 0 Å². The van der Waals surface area contributed by atoms with Crippen molar-refractivity contribution in [3.8, 4) is 5.75 Å². The van der Waals surface area contributed by atoms with Gasteiger partial charge in [0.15, 0.2) is 0 Å². The maximum atomic E-state index is 13.2. The van der Waals surface area contributed by atoms with E-state index in [1.165, 1.54) is 4.90 Å². The predicted molar refractivity (Wildman–Crippen MR) is 136 cm³/mol. The van der Waals surface area contributed by atoms with E-state index in [0.29, 0.717) is 13.0 Å². The minimum Gasteiger partial charge on any atom is -0.497 e. The monoisotopic (exact) mass is 532 g/mol. The number of amides is 1. The Morgan fingerprint density at radius 2 is 1.71 bits per heavy atom. The van der Waals surface area contributed by atoms with Gasteiger partial charge in [0.05, 0.1) is 18.6 Å². The number of nitrogens with one attached hydrogen (secondary N) is 1. The highest BCUT2D eigenvalue weighted by Crippen LogP contribution is 2.53. The molecule has 2 aromatic rings. The highest BCUT2D eigenvalue weighted by molar-refractivity contribution is 5.84. The molecule has 38 heavy (non-hydrogen) atoms. The number of hydrogen-bond donors (Lipinski definition) is 1. The number of rotatable bonds is 6. The number of carbonyl (C=O) groups is 2. The predicted octanol–water partition coefficient (Wildman–Crippen LogP) is 5.08. The number of hydrogen-bond acceptors (Lipinski definition) is 5. The molecule has 1 amide bonds. The van der Waals surface area contributed by atoms with Crippen molar-refractivity contribution in [3.05, 3.63) is 42.0 Å². The van der Waals surface area contributed by atoms with Crippen molar-refractivity contribution in [1.82, 2.24) is 10.2 Å². The molecule has 2 aromatic carbocycles. The van der Waals surface area contributed by atoms with Gasteiger partial charge in [0, 0.05) is 25.0 Å². The van der Waals surface area contributed by atoms with Crippen LogP contribution in [-0.2, 0) is 20.9 Å². The lowest BCUT2D eigenvalue weighted by atomic mass is 9.74. The van der Waals surface area contributed by atoms with Crippen molar-refractivity contribution >= 4 is 22.6 Å². The zero-order valence-corrected chi connectivity index (χ0v) is 22.2. The molecule has 0 spiro atoms. The van der Waals surface area contributed by atoms with Crippen molar-refractivity contribution in [2.75, 3.05) is 13.7 Å². The molecule has 9 heteroatoms. The molecule has 6 nitrogen and oxygen atoms in total. The van der Waals surface area contributed by atoms with Crippen LogP contribution in [0.5, 0.6) is 5.75 Å². The molecule has 0 aromatic heterocycles. The van der Waals surface area contributed by atoms with E-state index in [1.54, 1.807) is 27.9 Å². The quantitative estimate of drug-likeness (QED) is 0.526. The first-order chi connectivity index (χ1) is 17.8. The second kappa shape index (κ2) is 9.74. The van der Waals surface area contributed by atoms with Gasteiger partial charge in [-0.25, -0.2) is 0 Å². The molecule has 5 rings (SSSR count). The fraction of sp³-hybridized carbons (Fsp3) is 0.586. The third kappa shape index (κ3) is 5.22. The summed E-state index contributed by atoms with van der Waals surface area (Å²) in [7, 11) is 1.63. The fourth-order valence-electron chi connectivity index (χ4n) is 6.67. The molecule has 3 aliphatic rings. The summed E-state index contributed by atoms with van der Waals surface area (Å²) < 4.78 is 50.8. The van der Waals surface area contributed by atoms with E-state index >= 15 is 0 Å². The van der Waals surface area contributed by atoms with Crippen molar-refractivity contribution in [2.24, 2.45) is 23.2 Å². The average Bonchev–Trinajstić information content (AvgIpc) is 2.94. The SMILES string of the molecule is COc1ccc2cc(CNC3C4CC5CC3C(C4OC(=O)C(C)(C)C)N(C(=O)CC(F)(F)F)C5)ccc2c1. The van der Waals surface area contributed by atoms with Crippen LogP contribution >= 0.6 is 0 Å². The molecule has 206 valence electrons. The number of alkyl halides is 3. The van der Waals surface area contributed by atoms with Crippen LogP contribution in [0.2, 0.25) is 0 Å². The first-order valence-electron chi connectivity index (χ1n) is 13.2. The van der Waals surface area contributed by atoms with Crippen LogP contribution in [-0.4, -0.2) is 54.8 Å². The molecule has 6 unspecified atom stereocenters. The van der Waals surface area contributed by atoms with E-state index in [1.807, 2.05) is 30.3 Å². The molecular weight excluding hydrogens is 497 g/mol. The Morgan fingerprint density at radius 3 is 2.39 bits per heavy atom. The molecular formula is C29H35F3N2O4.